The molecule has 2 heteroatoms. The van der Waals surface area contributed by atoms with Crippen molar-refractivity contribution in [3.8, 4) is 0 Å². The topological polar surface area (TPSA) is 29.4 Å². The summed E-state index contributed by atoms with van der Waals surface area (Å²) in [4.78, 5) is 14.8. The van der Waals surface area contributed by atoms with Gasteiger partial charge in [0.15, 0.2) is 5.78 Å². The molecule has 1 rings (SSSR count). The van der Waals surface area contributed by atoms with Gasteiger partial charge in [0.05, 0.1) is 0 Å². The molecule has 1 aliphatic rings. The van der Waals surface area contributed by atoms with Gasteiger partial charge >= 0.3 is 0 Å². The summed E-state index contributed by atoms with van der Waals surface area (Å²) in [7, 11) is 0. The number of allylic oxidation sites excluding steroid dienone is 1. The van der Waals surface area contributed by atoms with Crippen LogP contribution < -0.4 is 0 Å². The Labute approximate surface area is 54.3 Å². The lowest BCUT2D eigenvalue weighted by Crippen LogP contribution is -2.16. The van der Waals surface area contributed by atoms with Crippen LogP contribution in [0.5, 0.6) is 0 Å². The lowest BCUT2D eigenvalue weighted by Gasteiger charge is -2.06. The van der Waals surface area contributed by atoms with E-state index in [4.69, 9.17) is 0 Å². The van der Waals surface area contributed by atoms with E-state index in [2.05, 4.69) is 4.99 Å². The van der Waals surface area contributed by atoms with Gasteiger partial charge in [0, 0.05) is 5.71 Å². The van der Waals surface area contributed by atoms with Crippen LogP contribution in [0.1, 0.15) is 13.8 Å². The summed E-state index contributed by atoms with van der Waals surface area (Å²) in [5, 5.41) is 0. The van der Waals surface area contributed by atoms with Crippen molar-refractivity contribution in [2.75, 3.05) is 0 Å². The first kappa shape index (κ1) is 6.20. The van der Waals surface area contributed by atoms with E-state index in [0.29, 0.717) is 0 Å². The van der Waals surface area contributed by atoms with Crippen LogP contribution in [0.15, 0.2) is 17.1 Å². The van der Waals surface area contributed by atoms with Gasteiger partial charge in [-0.15, -0.1) is 0 Å². The standard InChI is InChI=1S/C7H9NO/c1-5-3-4-7(9)6(2)8-5/h3-4,6H,1-2H3. The number of rotatable bonds is 0. The lowest BCUT2D eigenvalue weighted by molar-refractivity contribution is -0.115. The molecule has 9 heavy (non-hydrogen) atoms. The smallest absolute Gasteiger partial charge is 0.179 e. The van der Waals surface area contributed by atoms with Crippen molar-refractivity contribution < 1.29 is 4.79 Å². The fourth-order valence-electron chi connectivity index (χ4n) is 0.754. The molecule has 48 valence electrons. The van der Waals surface area contributed by atoms with Gasteiger partial charge in [0.1, 0.15) is 6.04 Å². The third-order valence-electron chi connectivity index (χ3n) is 1.30. The Kier molecular flexibility index (Phi) is 1.47. The Morgan fingerprint density at radius 3 is 2.67 bits per heavy atom. The Morgan fingerprint density at radius 2 is 2.22 bits per heavy atom. The Bertz CT molecular complexity index is 191. The largest absolute Gasteiger partial charge is 0.292 e. The number of carbonyl (C=O) groups is 1. The molecule has 0 aromatic rings. The van der Waals surface area contributed by atoms with Gasteiger partial charge < -0.3 is 0 Å². The second kappa shape index (κ2) is 2.13. The van der Waals surface area contributed by atoms with Gasteiger partial charge in [-0.1, -0.05) is 0 Å². The molecular weight excluding hydrogens is 114 g/mol. The summed E-state index contributed by atoms with van der Waals surface area (Å²) in [6, 6.07) is -0.157. The Morgan fingerprint density at radius 1 is 1.56 bits per heavy atom. The summed E-state index contributed by atoms with van der Waals surface area (Å²) in [5.41, 5.74) is 0.933. The minimum Gasteiger partial charge on any atom is -0.292 e. The molecule has 0 bridgehead atoms. The number of nitrogens with zero attached hydrogens (tertiary/aromatic N) is 1. The number of carbonyl (C=O) groups excluding carboxylic acids is 1. The summed E-state index contributed by atoms with van der Waals surface area (Å²) in [5.74, 6) is 0.0978. The highest BCUT2D eigenvalue weighted by Crippen LogP contribution is 2.00. The molecule has 1 heterocycles. The molecule has 0 radical (unpaired) electrons. The molecule has 0 saturated heterocycles. The van der Waals surface area contributed by atoms with E-state index in [1.807, 2.05) is 6.92 Å². The van der Waals surface area contributed by atoms with Crippen LogP contribution in [-0.4, -0.2) is 17.5 Å². The molecule has 0 aromatic carbocycles. The minimum atomic E-state index is -0.157. The average molecular weight is 123 g/mol. The molecule has 1 atom stereocenters. The SMILES string of the molecule is CC1=NC(C)C(=O)C=C1. The zero-order chi connectivity index (χ0) is 6.85. The number of aliphatic imine (C=N–C) groups is 1. The van der Waals surface area contributed by atoms with Crippen molar-refractivity contribution in [1.29, 1.82) is 0 Å². The molecule has 0 aliphatic carbocycles. The fraction of sp³-hybridized carbons (Fsp3) is 0.429. The number of hydrogen-bond donors (Lipinski definition) is 0. The normalized spacial score (nSPS) is 26.2. The second-order valence-corrected chi connectivity index (χ2v) is 2.18. The van der Waals surface area contributed by atoms with Crippen molar-refractivity contribution >= 4 is 11.5 Å². The molecule has 0 fully saturated rings. The van der Waals surface area contributed by atoms with E-state index in [1.165, 1.54) is 0 Å². The van der Waals surface area contributed by atoms with E-state index in [9.17, 15) is 4.79 Å². The van der Waals surface area contributed by atoms with E-state index in [-0.39, 0.29) is 11.8 Å². The van der Waals surface area contributed by atoms with Crippen molar-refractivity contribution in [3.63, 3.8) is 0 Å². The van der Waals surface area contributed by atoms with Crippen LogP contribution in [-0.2, 0) is 4.79 Å². The third kappa shape index (κ3) is 1.25. The molecule has 1 unspecified atom stereocenters. The fourth-order valence-corrected chi connectivity index (χ4v) is 0.754. The zero-order valence-electron chi connectivity index (χ0n) is 5.59. The monoisotopic (exact) mass is 123 g/mol. The average Bonchev–Trinajstić information content (AvgIpc) is 1.80. The first-order chi connectivity index (χ1) is 4.20. The van der Waals surface area contributed by atoms with Crippen LogP contribution >= 0.6 is 0 Å². The number of ketones is 1. The Hall–Kier alpha value is -0.920. The molecular formula is C7H9NO. The summed E-state index contributed by atoms with van der Waals surface area (Å²) in [6.07, 6.45) is 3.31. The van der Waals surface area contributed by atoms with Crippen molar-refractivity contribution in [2.24, 2.45) is 4.99 Å². The predicted molar refractivity (Wildman–Crippen MR) is 36.7 cm³/mol. The van der Waals surface area contributed by atoms with Crippen LogP contribution in [0, 0.1) is 0 Å². The molecule has 0 N–H and O–H groups in total. The number of dihydropyridines is 1. The van der Waals surface area contributed by atoms with E-state index < -0.39 is 0 Å². The molecule has 0 spiro atoms. The highest BCUT2D eigenvalue weighted by Gasteiger charge is 2.10. The quantitative estimate of drug-likeness (QED) is 0.472. The van der Waals surface area contributed by atoms with E-state index in [1.54, 1.807) is 19.1 Å². The maximum absolute atomic E-state index is 10.7. The molecule has 0 saturated carbocycles. The van der Waals surface area contributed by atoms with Gasteiger partial charge in [-0.05, 0) is 26.0 Å². The second-order valence-electron chi connectivity index (χ2n) is 2.18. The zero-order valence-corrected chi connectivity index (χ0v) is 5.59. The third-order valence-corrected chi connectivity index (χ3v) is 1.30. The van der Waals surface area contributed by atoms with Crippen LogP contribution in [0.3, 0.4) is 0 Å². The predicted octanol–water partition coefficient (Wildman–Crippen LogP) is 0.975. The maximum atomic E-state index is 10.7. The summed E-state index contributed by atoms with van der Waals surface area (Å²) in [6.45, 7) is 3.69. The number of hydrogen-bond acceptors (Lipinski definition) is 2. The molecule has 2 nitrogen and oxygen atoms in total. The van der Waals surface area contributed by atoms with Gasteiger partial charge in [-0.2, -0.15) is 0 Å². The summed E-state index contributed by atoms with van der Waals surface area (Å²) < 4.78 is 0. The van der Waals surface area contributed by atoms with Crippen LogP contribution in [0.4, 0.5) is 0 Å². The maximum Gasteiger partial charge on any atom is 0.179 e. The summed E-state index contributed by atoms with van der Waals surface area (Å²) >= 11 is 0. The van der Waals surface area contributed by atoms with E-state index >= 15 is 0 Å². The van der Waals surface area contributed by atoms with E-state index in [0.717, 1.165) is 5.71 Å². The Balaban J connectivity index is 2.82. The molecule has 0 amide bonds. The first-order valence-corrected chi connectivity index (χ1v) is 2.96. The molecule has 0 aromatic heterocycles. The van der Waals surface area contributed by atoms with Gasteiger partial charge in [0.2, 0.25) is 0 Å². The minimum absolute atomic E-state index is 0.0978. The van der Waals surface area contributed by atoms with Gasteiger partial charge in [-0.3, -0.25) is 9.79 Å². The first-order valence-electron chi connectivity index (χ1n) is 2.96. The lowest BCUT2D eigenvalue weighted by atomic mass is 10.1. The van der Waals surface area contributed by atoms with Crippen LogP contribution in [0.2, 0.25) is 0 Å². The van der Waals surface area contributed by atoms with Crippen LogP contribution in [0.25, 0.3) is 0 Å². The highest BCUT2D eigenvalue weighted by molar-refractivity contribution is 6.06. The highest BCUT2D eigenvalue weighted by atomic mass is 16.1. The van der Waals surface area contributed by atoms with Crippen molar-refractivity contribution in [3.05, 3.63) is 12.2 Å². The van der Waals surface area contributed by atoms with Crippen molar-refractivity contribution in [1.82, 2.24) is 0 Å². The van der Waals surface area contributed by atoms with Gasteiger partial charge in [-0.25, -0.2) is 0 Å². The molecule has 1 aliphatic heterocycles. The van der Waals surface area contributed by atoms with Gasteiger partial charge in [0.25, 0.3) is 0 Å². The van der Waals surface area contributed by atoms with Crippen molar-refractivity contribution in [2.45, 2.75) is 19.9 Å².